The first-order chi connectivity index (χ1) is 9.93. The lowest BCUT2D eigenvalue weighted by Crippen LogP contribution is -2.30. The van der Waals surface area contributed by atoms with Crippen molar-refractivity contribution in [1.82, 2.24) is 0 Å². The van der Waals surface area contributed by atoms with Gasteiger partial charge in [0.1, 0.15) is 0 Å². The summed E-state index contributed by atoms with van der Waals surface area (Å²) in [5.41, 5.74) is -0.128. The average molecular weight is 356 g/mol. The Labute approximate surface area is 125 Å². The number of fused-ring (bicyclic) bond motifs is 1. The second-order valence-corrected chi connectivity index (χ2v) is 5.10. The molecule has 0 bridgehead atoms. The molecule has 106 valence electrons. The summed E-state index contributed by atoms with van der Waals surface area (Å²) in [5, 5.41) is 0. The van der Waals surface area contributed by atoms with Crippen molar-refractivity contribution in [3.63, 3.8) is 0 Å². The van der Waals surface area contributed by atoms with Crippen LogP contribution in [0.15, 0.2) is 34.8 Å². The zero-order valence-corrected chi connectivity index (χ0v) is 11.7. The van der Waals surface area contributed by atoms with Gasteiger partial charge in [0.15, 0.2) is 17.5 Å². The Morgan fingerprint density at radius 1 is 0.905 bits per heavy atom. The molecule has 2 aromatic rings. The molecule has 0 N–H and O–H groups in total. The highest BCUT2D eigenvalue weighted by Gasteiger charge is 2.38. The summed E-state index contributed by atoms with van der Waals surface area (Å²) in [7, 11) is 0. The number of amides is 2. The van der Waals surface area contributed by atoms with Crippen LogP contribution in [0.3, 0.4) is 0 Å². The van der Waals surface area contributed by atoms with Gasteiger partial charge in [-0.1, -0.05) is 12.1 Å². The Kier molecular flexibility index (Phi) is 3.09. The fourth-order valence-electron chi connectivity index (χ4n) is 2.13. The third kappa shape index (κ3) is 1.88. The van der Waals surface area contributed by atoms with Crippen molar-refractivity contribution in [2.45, 2.75) is 0 Å². The van der Waals surface area contributed by atoms with Crippen molar-refractivity contribution in [1.29, 1.82) is 0 Å². The lowest BCUT2D eigenvalue weighted by molar-refractivity contribution is 0.0926. The molecule has 0 unspecified atom stereocenters. The molecule has 1 aliphatic heterocycles. The zero-order chi connectivity index (χ0) is 15.3. The second kappa shape index (κ2) is 4.70. The number of halogens is 4. The van der Waals surface area contributed by atoms with E-state index in [-0.39, 0.29) is 16.8 Å². The molecule has 0 atom stereocenters. The molecule has 0 spiro atoms. The molecule has 1 aliphatic rings. The van der Waals surface area contributed by atoms with Crippen LogP contribution in [0.4, 0.5) is 18.9 Å². The molecule has 3 rings (SSSR count). The van der Waals surface area contributed by atoms with Crippen molar-refractivity contribution < 1.29 is 22.8 Å². The highest BCUT2D eigenvalue weighted by molar-refractivity contribution is 9.10. The van der Waals surface area contributed by atoms with Gasteiger partial charge in [0.2, 0.25) is 0 Å². The number of hydrogen-bond donors (Lipinski definition) is 0. The molecule has 0 aliphatic carbocycles. The van der Waals surface area contributed by atoms with Gasteiger partial charge >= 0.3 is 0 Å². The van der Waals surface area contributed by atoms with Crippen LogP contribution in [0.25, 0.3) is 0 Å². The minimum atomic E-state index is -1.68. The van der Waals surface area contributed by atoms with E-state index in [2.05, 4.69) is 15.9 Å². The van der Waals surface area contributed by atoms with Gasteiger partial charge in [0.25, 0.3) is 11.8 Å². The minimum Gasteiger partial charge on any atom is -0.268 e. The highest BCUT2D eigenvalue weighted by Crippen LogP contribution is 2.36. The minimum absolute atomic E-state index is 0.125. The van der Waals surface area contributed by atoms with Crippen molar-refractivity contribution >= 4 is 33.4 Å². The van der Waals surface area contributed by atoms with E-state index in [9.17, 15) is 22.8 Å². The van der Waals surface area contributed by atoms with Crippen molar-refractivity contribution in [3.05, 3.63) is 63.4 Å². The summed E-state index contributed by atoms with van der Waals surface area (Å²) in [5.74, 6) is -6.10. The fraction of sp³-hybridized carbons (Fsp3) is 0. The molecular formula is C14H5BrF3NO2. The van der Waals surface area contributed by atoms with E-state index in [1.54, 1.807) is 12.1 Å². The maximum Gasteiger partial charge on any atom is 0.266 e. The number of benzene rings is 2. The van der Waals surface area contributed by atoms with Gasteiger partial charge in [-0.05, 0) is 28.1 Å². The predicted octanol–water partition coefficient (Wildman–Crippen LogP) is 3.67. The maximum absolute atomic E-state index is 13.6. The van der Waals surface area contributed by atoms with E-state index >= 15 is 0 Å². The number of anilines is 1. The van der Waals surface area contributed by atoms with Gasteiger partial charge in [0.05, 0.1) is 21.3 Å². The quantitative estimate of drug-likeness (QED) is 0.444. The molecule has 0 radical (unpaired) electrons. The van der Waals surface area contributed by atoms with Crippen LogP contribution in [0.5, 0.6) is 0 Å². The number of carbonyl (C=O) groups excluding carboxylic acids is 2. The van der Waals surface area contributed by atoms with E-state index in [1.807, 2.05) is 0 Å². The first kappa shape index (κ1) is 13.8. The number of rotatable bonds is 1. The molecule has 3 nitrogen and oxygen atoms in total. The van der Waals surface area contributed by atoms with E-state index in [4.69, 9.17) is 0 Å². The Morgan fingerprint density at radius 3 is 1.95 bits per heavy atom. The van der Waals surface area contributed by atoms with Gasteiger partial charge < -0.3 is 0 Å². The molecule has 1 heterocycles. The summed E-state index contributed by atoms with van der Waals surface area (Å²) in [4.78, 5) is 25.0. The molecule has 2 amide bonds. The Hall–Kier alpha value is -2.15. The first-order valence-electron chi connectivity index (χ1n) is 5.74. The van der Waals surface area contributed by atoms with Crippen LogP contribution in [-0.4, -0.2) is 11.8 Å². The molecule has 0 aromatic heterocycles. The van der Waals surface area contributed by atoms with Crippen molar-refractivity contribution in [2.24, 2.45) is 0 Å². The second-order valence-electron chi connectivity index (χ2n) is 4.31. The van der Waals surface area contributed by atoms with Crippen LogP contribution >= 0.6 is 15.9 Å². The Balaban J connectivity index is 2.21. The average Bonchev–Trinajstić information content (AvgIpc) is 2.73. The molecule has 0 fully saturated rings. The van der Waals surface area contributed by atoms with E-state index in [0.717, 1.165) is 0 Å². The molecular weight excluding hydrogens is 351 g/mol. The Morgan fingerprint density at radius 2 is 1.43 bits per heavy atom. The summed E-state index contributed by atoms with van der Waals surface area (Å²) < 4.78 is 39.6. The summed E-state index contributed by atoms with van der Waals surface area (Å²) in [6.07, 6.45) is 0. The topological polar surface area (TPSA) is 37.4 Å². The molecule has 0 saturated carbocycles. The lowest BCUT2D eigenvalue weighted by atomic mass is 10.1. The van der Waals surface area contributed by atoms with E-state index < -0.39 is 33.7 Å². The third-order valence-electron chi connectivity index (χ3n) is 3.12. The maximum atomic E-state index is 13.6. The molecule has 0 saturated heterocycles. The monoisotopic (exact) mass is 355 g/mol. The van der Waals surface area contributed by atoms with Crippen LogP contribution in [-0.2, 0) is 0 Å². The van der Waals surface area contributed by atoms with Gasteiger partial charge in [-0.15, -0.1) is 0 Å². The number of carbonyl (C=O) groups is 2. The highest BCUT2D eigenvalue weighted by atomic mass is 79.9. The van der Waals surface area contributed by atoms with E-state index in [0.29, 0.717) is 11.0 Å². The number of hydrogen-bond acceptors (Lipinski definition) is 2. The molecule has 7 heteroatoms. The molecule has 21 heavy (non-hydrogen) atoms. The van der Waals surface area contributed by atoms with Gasteiger partial charge in [-0.2, -0.15) is 0 Å². The lowest BCUT2D eigenvalue weighted by Gasteiger charge is -2.16. The predicted molar refractivity (Wildman–Crippen MR) is 71.6 cm³/mol. The fourth-order valence-corrected chi connectivity index (χ4v) is 2.60. The van der Waals surface area contributed by atoms with Crippen LogP contribution in [0, 0.1) is 17.5 Å². The third-order valence-corrected chi connectivity index (χ3v) is 3.87. The Bertz CT molecular complexity index is 772. The van der Waals surface area contributed by atoms with Crippen molar-refractivity contribution in [3.8, 4) is 0 Å². The normalized spacial score (nSPS) is 13.8. The van der Waals surface area contributed by atoms with Crippen molar-refractivity contribution in [2.75, 3.05) is 4.90 Å². The first-order valence-corrected chi connectivity index (χ1v) is 6.53. The summed E-state index contributed by atoms with van der Waals surface area (Å²) >= 11 is 2.75. The van der Waals surface area contributed by atoms with Gasteiger partial charge in [-0.3, -0.25) is 9.59 Å². The van der Waals surface area contributed by atoms with Gasteiger partial charge in [-0.25, -0.2) is 18.1 Å². The van der Waals surface area contributed by atoms with Crippen LogP contribution in [0.2, 0.25) is 0 Å². The van der Waals surface area contributed by atoms with Crippen LogP contribution < -0.4 is 4.90 Å². The summed E-state index contributed by atoms with van der Waals surface area (Å²) in [6, 6.07) is 6.59. The number of imide groups is 1. The zero-order valence-electron chi connectivity index (χ0n) is 10.2. The summed E-state index contributed by atoms with van der Waals surface area (Å²) in [6.45, 7) is 0. The number of nitrogens with zero attached hydrogens (tertiary/aromatic N) is 1. The van der Waals surface area contributed by atoms with Gasteiger partial charge in [0, 0.05) is 6.07 Å². The standard InChI is InChI=1S/C14H5BrF3NO2/c15-10-9(5-8(16)11(17)12(10)18)19-13(20)6-3-1-2-4-7(6)14(19)21/h1-5H. The molecule has 2 aromatic carbocycles. The largest absolute Gasteiger partial charge is 0.268 e. The smallest absolute Gasteiger partial charge is 0.266 e. The van der Waals surface area contributed by atoms with Crippen LogP contribution in [0.1, 0.15) is 20.7 Å². The SMILES string of the molecule is O=C1c2ccccc2C(=O)N1c1cc(F)c(F)c(F)c1Br. The van der Waals surface area contributed by atoms with E-state index in [1.165, 1.54) is 12.1 Å².